The van der Waals surface area contributed by atoms with Gasteiger partial charge in [0.1, 0.15) is 0 Å². The summed E-state index contributed by atoms with van der Waals surface area (Å²) >= 11 is 1.45. The smallest absolute Gasteiger partial charge is 0.213 e. The summed E-state index contributed by atoms with van der Waals surface area (Å²) in [6, 6.07) is 0. The highest BCUT2D eigenvalue weighted by molar-refractivity contribution is 7.13. The van der Waals surface area contributed by atoms with Gasteiger partial charge in [-0.25, -0.2) is 4.98 Å². The lowest BCUT2D eigenvalue weighted by Gasteiger charge is -1.86. The first-order valence-electron chi connectivity index (χ1n) is 3.01. The van der Waals surface area contributed by atoms with Crippen LogP contribution in [0.4, 0.5) is 5.13 Å². The number of thiazole rings is 1. The van der Waals surface area contributed by atoms with Gasteiger partial charge >= 0.3 is 0 Å². The molecule has 0 aliphatic carbocycles. The lowest BCUT2D eigenvalue weighted by atomic mass is 10.4. The third-order valence-electron chi connectivity index (χ3n) is 1.10. The van der Waals surface area contributed by atoms with E-state index in [9.17, 15) is 4.79 Å². The Balaban J connectivity index is 2.67. The van der Waals surface area contributed by atoms with Crippen LogP contribution in [0.25, 0.3) is 0 Å². The third kappa shape index (κ3) is 1.54. The van der Waals surface area contributed by atoms with Crippen LogP contribution in [0.3, 0.4) is 0 Å². The van der Waals surface area contributed by atoms with E-state index in [4.69, 9.17) is 0 Å². The number of carbonyl (C=O) groups is 1. The predicted octanol–water partition coefficient (Wildman–Crippen LogP) is 1.27. The summed E-state index contributed by atoms with van der Waals surface area (Å²) < 4.78 is 0. The number of aromatic nitrogens is 1. The highest BCUT2D eigenvalue weighted by Gasteiger charge is 1.96. The summed E-state index contributed by atoms with van der Waals surface area (Å²) in [6.07, 6.45) is 1.55. The molecule has 3 nitrogen and oxygen atoms in total. The molecule has 1 rings (SSSR count). The molecule has 0 aliphatic heterocycles. The van der Waals surface area contributed by atoms with E-state index in [1.54, 1.807) is 0 Å². The zero-order chi connectivity index (χ0) is 7.40. The summed E-state index contributed by atoms with van der Waals surface area (Å²) in [5.41, 5.74) is 1.02. The first kappa shape index (κ1) is 7.21. The Morgan fingerprint density at radius 2 is 2.70 bits per heavy atom. The summed E-state index contributed by atoms with van der Waals surface area (Å²) in [5.74, 6) is 0. The standard InChI is InChI=1S/C6H8N2OS/c1-2-5-3-10-6(8-5)7-4-9/h3-4H,2H2,1H3,(H,7,8,9). The van der Waals surface area contributed by atoms with E-state index < -0.39 is 0 Å². The fraction of sp³-hybridized carbons (Fsp3) is 0.333. The number of anilines is 1. The highest BCUT2D eigenvalue weighted by Crippen LogP contribution is 2.14. The van der Waals surface area contributed by atoms with Crippen molar-refractivity contribution in [2.24, 2.45) is 0 Å². The minimum atomic E-state index is 0.637. The number of amides is 1. The van der Waals surface area contributed by atoms with E-state index in [1.807, 2.05) is 12.3 Å². The molecule has 0 unspecified atom stereocenters. The predicted molar refractivity (Wildman–Crippen MR) is 41.2 cm³/mol. The van der Waals surface area contributed by atoms with Gasteiger partial charge in [-0.05, 0) is 6.42 Å². The monoisotopic (exact) mass is 156 g/mol. The van der Waals surface area contributed by atoms with Gasteiger partial charge < -0.3 is 5.32 Å². The SMILES string of the molecule is CCc1csc(NC=O)n1. The van der Waals surface area contributed by atoms with Crippen LogP contribution >= 0.6 is 11.3 Å². The molecule has 0 aromatic carbocycles. The van der Waals surface area contributed by atoms with Crippen molar-refractivity contribution in [2.75, 3.05) is 5.32 Å². The van der Waals surface area contributed by atoms with Crippen molar-refractivity contribution >= 4 is 22.9 Å². The van der Waals surface area contributed by atoms with Crippen molar-refractivity contribution in [1.82, 2.24) is 4.98 Å². The molecule has 0 atom stereocenters. The number of carbonyl (C=O) groups excluding carboxylic acids is 1. The summed E-state index contributed by atoms with van der Waals surface area (Å²) in [7, 11) is 0. The molecular formula is C6H8N2OS. The Bertz CT molecular complexity index is 221. The topological polar surface area (TPSA) is 42.0 Å². The molecule has 10 heavy (non-hydrogen) atoms. The first-order valence-corrected chi connectivity index (χ1v) is 3.89. The van der Waals surface area contributed by atoms with Crippen molar-refractivity contribution < 1.29 is 4.79 Å². The molecule has 0 aliphatic rings. The van der Waals surface area contributed by atoms with Crippen molar-refractivity contribution in [3.8, 4) is 0 Å². The second kappa shape index (κ2) is 3.31. The molecule has 0 saturated heterocycles. The Labute approximate surface area is 63.1 Å². The quantitative estimate of drug-likeness (QED) is 0.670. The number of hydrogen-bond acceptors (Lipinski definition) is 3. The Morgan fingerprint density at radius 1 is 1.90 bits per heavy atom. The molecule has 54 valence electrons. The molecule has 0 radical (unpaired) electrons. The van der Waals surface area contributed by atoms with E-state index in [1.165, 1.54) is 11.3 Å². The highest BCUT2D eigenvalue weighted by atomic mass is 32.1. The Kier molecular flexibility index (Phi) is 2.39. The Morgan fingerprint density at radius 3 is 3.20 bits per heavy atom. The van der Waals surface area contributed by atoms with Gasteiger partial charge in [0.2, 0.25) is 6.41 Å². The zero-order valence-corrected chi connectivity index (χ0v) is 6.44. The summed E-state index contributed by atoms with van der Waals surface area (Å²) in [4.78, 5) is 14.0. The van der Waals surface area contributed by atoms with Gasteiger partial charge in [-0.1, -0.05) is 6.92 Å². The van der Waals surface area contributed by atoms with E-state index in [0.29, 0.717) is 11.5 Å². The second-order valence-corrected chi connectivity index (χ2v) is 2.62. The molecular weight excluding hydrogens is 148 g/mol. The lowest BCUT2D eigenvalue weighted by molar-refractivity contribution is -0.105. The molecule has 1 amide bonds. The maximum absolute atomic E-state index is 9.93. The summed E-state index contributed by atoms with van der Waals surface area (Å²) in [5, 5.41) is 5.10. The van der Waals surface area contributed by atoms with Crippen molar-refractivity contribution in [3.05, 3.63) is 11.1 Å². The van der Waals surface area contributed by atoms with Gasteiger partial charge in [-0.2, -0.15) is 0 Å². The number of rotatable bonds is 3. The number of hydrogen-bond donors (Lipinski definition) is 1. The fourth-order valence-electron chi connectivity index (χ4n) is 0.586. The maximum atomic E-state index is 9.93. The molecule has 1 aromatic rings. The molecule has 1 heterocycles. The summed E-state index contributed by atoms with van der Waals surface area (Å²) in [6.45, 7) is 2.03. The van der Waals surface area contributed by atoms with Crippen LogP contribution in [-0.4, -0.2) is 11.4 Å². The molecule has 0 fully saturated rings. The van der Waals surface area contributed by atoms with Crippen LogP contribution in [0, 0.1) is 0 Å². The number of nitrogens with zero attached hydrogens (tertiary/aromatic N) is 1. The van der Waals surface area contributed by atoms with E-state index in [2.05, 4.69) is 10.3 Å². The van der Waals surface area contributed by atoms with Crippen molar-refractivity contribution in [2.45, 2.75) is 13.3 Å². The average Bonchev–Trinajstić information content (AvgIpc) is 2.37. The van der Waals surface area contributed by atoms with E-state index in [0.717, 1.165) is 12.1 Å². The third-order valence-corrected chi connectivity index (χ3v) is 1.92. The van der Waals surface area contributed by atoms with Crippen molar-refractivity contribution in [3.63, 3.8) is 0 Å². The number of aryl methyl sites for hydroxylation is 1. The molecule has 4 heteroatoms. The Hall–Kier alpha value is -0.900. The molecule has 0 bridgehead atoms. The molecule has 0 spiro atoms. The molecule has 1 aromatic heterocycles. The van der Waals surface area contributed by atoms with Gasteiger partial charge in [-0.15, -0.1) is 11.3 Å². The minimum Gasteiger partial charge on any atom is -0.305 e. The van der Waals surface area contributed by atoms with Crippen LogP contribution in [0.15, 0.2) is 5.38 Å². The van der Waals surface area contributed by atoms with Crippen LogP contribution in [0.1, 0.15) is 12.6 Å². The largest absolute Gasteiger partial charge is 0.305 e. The maximum Gasteiger partial charge on any atom is 0.213 e. The van der Waals surface area contributed by atoms with Crippen LogP contribution in [0.5, 0.6) is 0 Å². The minimum absolute atomic E-state index is 0.637. The first-order chi connectivity index (χ1) is 4.86. The van der Waals surface area contributed by atoms with Gasteiger partial charge in [0.15, 0.2) is 5.13 Å². The van der Waals surface area contributed by atoms with Gasteiger partial charge in [0.05, 0.1) is 5.69 Å². The zero-order valence-electron chi connectivity index (χ0n) is 5.63. The van der Waals surface area contributed by atoms with Crippen molar-refractivity contribution in [1.29, 1.82) is 0 Å². The van der Waals surface area contributed by atoms with Crippen LogP contribution < -0.4 is 5.32 Å². The van der Waals surface area contributed by atoms with E-state index in [-0.39, 0.29) is 0 Å². The van der Waals surface area contributed by atoms with Crippen LogP contribution in [0.2, 0.25) is 0 Å². The molecule has 0 saturated carbocycles. The second-order valence-electron chi connectivity index (χ2n) is 1.76. The van der Waals surface area contributed by atoms with Gasteiger partial charge in [-0.3, -0.25) is 4.79 Å². The lowest BCUT2D eigenvalue weighted by Crippen LogP contribution is -1.92. The fourth-order valence-corrected chi connectivity index (χ4v) is 1.34. The normalized spacial score (nSPS) is 9.30. The van der Waals surface area contributed by atoms with Gasteiger partial charge in [0, 0.05) is 5.38 Å². The van der Waals surface area contributed by atoms with Gasteiger partial charge in [0.25, 0.3) is 0 Å². The van der Waals surface area contributed by atoms with Crippen LogP contribution in [-0.2, 0) is 11.2 Å². The van der Waals surface area contributed by atoms with E-state index >= 15 is 0 Å². The molecule has 1 N–H and O–H groups in total. The number of nitrogens with one attached hydrogen (secondary N) is 1. The average molecular weight is 156 g/mol.